The molecule has 0 radical (unpaired) electrons. The molecule has 0 saturated heterocycles. The summed E-state index contributed by atoms with van der Waals surface area (Å²) in [6, 6.07) is 9.69. The fourth-order valence-electron chi connectivity index (χ4n) is 2.12. The normalized spacial score (nSPS) is 10.6. The van der Waals surface area contributed by atoms with E-state index in [-0.39, 0.29) is 21.4 Å². The maximum absolute atomic E-state index is 12.2. The number of aromatic nitrogens is 2. The minimum absolute atomic E-state index is 0.100. The minimum atomic E-state index is -0.453. The Morgan fingerprint density at radius 3 is 2.54 bits per heavy atom. The Bertz CT molecular complexity index is 1010. The van der Waals surface area contributed by atoms with E-state index in [2.05, 4.69) is 20.6 Å². The quantitative estimate of drug-likeness (QED) is 0.513. The number of amides is 1. The van der Waals surface area contributed by atoms with Gasteiger partial charge < -0.3 is 15.3 Å². The average molecular weight is 381 g/mol. The van der Waals surface area contributed by atoms with E-state index < -0.39 is 5.91 Å². The van der Waals surface area contributed by atoms with Crippen LogP contribution in [0.5, 0.6) is 0 Å². The lowest BCUT2D eigenvalue weighted by atomic mass is 10.2. The maximum atomic E-state index is 12.2. The van der Waals surface area contributed by atoms with Gasteiger partial charge in [-0.3, -0.25) is 10.1 Å². The third kappa shape index (κ3) is 3.59. The first kappa shape index (κ1) is 16.5. The van der Waals surface area contributed by atoms with Crippen molar-refractivity contribution in [1.82, 2.24) is 15.3 Å². The number of anilines is 1. The van der Waals surface area contributed by atoms with Crippen LogP contribution in [-0.2, 0) is 0 Å². The van der Waals surface area contributed by atoms with Gasteiger partial charge in [0.25, 0.3) is 5.91 Å². The molecule has 0 saturated carbocycles. The lowest BCUT2D eigenvalue weighted by Gasteiger charge is -2.10. The van der Waals surface area contributed by atoms with Crippen molar-refractivity contribution in [3.05, 3.63) is 62.5 Å². The summed E-state index contributed by atoms with van der Waals surface area (Å²) in [5.74, 6) is -0.453. The number of carbonyl (C=O) groups is 1. The zero-order valence-electron chi connectivity index (χ0n) is 11.9. The molecule has 0 fully saturated rings. The molecule has 1 aromatic heterocycles. The molecule has 1 heterocycles. The van der Waals surface area contributed by atoms with Crippen LogP contribution in [0.25, 0.3) is 11.0 Å². The van der Waals surface area contributed by atoms with Gasteiger partial charge in [-0.2, -0.15) is 0 Å². The van der Waals surface area contributed by atoms with Gasteiger partial charge in [0.05, 0.1) is 21.6 Å². The number of halogens is 2. The fraction of sp³-hybridized carbons (Fsp3) is 0. The molecule has 0 aliphatic rings. The van der Waals surface area contributed by atoms with Crippen LogP contribution in [0, 0.1) is 0 Å². The van der Waals surface area contributed by atoms with Crippen LogP contribution in [-0.4, -0.2) is 21.0 Å². The standard InChI is InChI=1S/C15H10Cl2N4O2S/c16-7-1-3-9(10(17)5-7)13(22)21-15(24)18-8-2-4-11-12(6-8)20-14(23)19-11/h1-6H,(H2,19,20,23)(H2,18,21,22,24). The molecular weight excluding hydrogens is 371 g/mol. The van der Waals surface area contributed by atoms with Gasteiger partial charge in [-0.15, -0.1) is 0 Å². The van der Waals surface area contributed by atoms with E-state index >= 15 is 0 Å². The van der Waals surface area contributed by atoms with Crippen LogP contribution < -0.4 is 16.3 Å². The van der Waals surface area contributed by atoms with Crippen LogP contribution in [0.4, 0.5) is 5.69 Å². The van der Waals surface area contributed by atoms with Crippen LogP contribution in [0.15, 0.2) is 41.2 Å². The van der Waals surface area contributed by atoms with E-state index in [1.807, 2.05) is 0 Å². The van der Waals surface area contributed by atoms with Gasteiger partial charge in [0, 0.05) is 10.7 Å². The first-order valence-corrected chi connectivity index (χ1v) is 7.88. The molecule has 0 bridgehead atoms. The molecule has 0 aliphatic carbocycles. The Kier molecular flexibility index (Phi) is 4.57. The van der Waals surface area contributed by atoms with Gasteiger partial charge in [-0.1, -0.05) is 23.2 Å². The third-order valence-corrected chi connectivity index (χ3v) is 3.93. The predicted molar refractivity (Wildman–Crippen MR) is 99.1 cm³/mol. The number of rotatable bonds is 2. The van der Waals surface area contributed by atoms with Crippen molar-refractivity contribution in [3.8, 4) is 0 Å². The Morgan fingerprint density at radius 1 is 1.04 bits per heavy atom. The summed E-state index contributed by atoms with van der Waals surface area (Å²) in [6.07, 6.45) is 0. The molecule has 2 aromatic carbocycles. The zero-order valence-corrected chi connectivity index (χ0v) is 14.3. The van der Waals surface area contributed by atoms with Crippen molar-refractivity contribution in [2.24, 2.45) is 0 Å². The number of carbonyl (C=O) groups excluding carboxylic acids is 1. The average Bonchev–Trinajstić information content (AvgIpc) is 2.86. The number of imidazole rings is 1. The lowest BCUT2D eigenvalue weighted by molar-refractivity contribution is 0.0978. The van der Waals surface area contributed by atoms with Crippen molar-refractivity contribution in [3.63, 3.8) is 0 Å². The number of hydrogen-bond acceptors (Lipinski definition) is 3. The Hall–Kier alpha value is -2.35. The number of H-pyrrole nitrogens is 2. The van der Waals surface area contributed by atoms with E-state index in [1.54, 1.807) is 24.3 Å². The van der Waals surface area contributed by atoms with Crippen LogP contribution in [0.2, 0.25) is 10.0 Å². The number of thiocarbonyl (C=S) groups is 1. The Morgan fingerprint density at radius 2 is 1.79 bits per heavy atom. The highest BCUT2D eigenvalue weighted by molar-refractivity contribution is 7.80. The summed E-state index contributed by atoms with van der Waals surface area (Å²) >= 11 is 16.9. The van der Waals surface area contributed by atoms with E-state index in [1.165, 1.54) is 12.1 Å². The van der Waals surface area contributed by atoms with Gasteiger partial charge in [-0.25, -0.2) is 4.79 Å². The Labute approximate surface area is 151 Å². The zero-order chi connectivity index (χ0) is 17.3. The second kappa shape index (κ2) is 6.64. The lowest BCUT2D eigenvalue weighted by Crippen LogP contribution is -2.34. The van der Waals surface area contributed by atoms with E-state index in [0.717, 1.165) is 0 Å². The number of hydrogen-bond donors (Lipinski definition) is 4. The number of aromatic amines is 2. The highest BCUT2D eigenvalue weighted by Crippen LogP contribution is 2.21. The molecule has 9 heteroatoms. The SMILES string of the molecule is O=C(NC(=S)Nc1ccc2[nH]c(=O)[nH]c2c1)c1ccc(Cl)cc1Cl. The number of fused-ring (bicyclic) bond motifs is 1. The highest BCUT2D eigenvalue weighted by atomic mass is 35.5. The highest BCUT2D eigenvalue weighted by Gasteiger charge is 2.12. The van der Waals surface area contributed by atoms with Crippen LogP contribution in [0.1, 0.15) is 10.4 Å². The molecule has 3 rings (SSSR count). The summed E-state index contributed by atoms with van der Waals surface area (Å²) in [7, 11) is 0. The molecule has 0 aliphatic heterocycles. The first-order valence-electron chi connectivity index (χ1n) is 6.72. The molecule has 6 nitrogen and oxygen atoms in total. The number of nitrogens with one attached hydrogen (secondary N) is 4. The maximum Gasteiger partial charge on any atom is 0.323 e. The van der Waals surface area contributed by atoms with Gasteiger partial charge in [0.2, 0.25) is 0 Å². The number of benzene rings is 2. The molecule has 0 spiro atoms. The molecule has 1 amide bonds. The molecular formula is C15H10Cl2N4O2S. The third-order valence-electron chi connectivity index (χ3n) is 3.18. The summed E-state index contributed by atoms with van der Waals surface area (Å²) in [4.78, 5) is 28.7. The second-order valence-electron chi connectivity index (χ2n) is 4.87. The van der Waals surface area contributed by atoms with Crippen LogP contribution >= 0.6 is 35.4 Å². The smallest absolute Gasteiger partial charge is 0.323 e. The molecule has 0 atom stereocenters. The molecule has 3 aromatic rings. The largest absolute Gasteiger partial charge is 0.332 e. The molecule has 24 heavy (non-hydrogen) atoms. The van der Waals surface area contributed by atoms with Crippen molar-refractivity contribution < 1.29 is 4.79 Å². The van der Waals surface area contributed by atoms with Crippen molar-refractivity contribution in [2.75, 3.05) is 5.32 Å². The molecule has 4 N–H and O–H groups in total. The minimum Gasteiger partial charge on any atom is -0.332 e. The summed E-state index contributed by atoms with van der Waals surface area (Å²) in [5, 5.41) is 6.17. The summed E-state index contributed by atoms with van der Waals surface area (Å²) in [5.41, 5.74) is 1.88. The van der Waals surface area contributed by atoms with Crippen LogP contribution in [0.3, 0.4) is 0 Å². The fourth-order valence-corrected chi connectivity index (χ4v) is 2.82. The summed E-state index contributed by atoms with van der Waals surface area (Å²) < 4.78 is 0. The monoisotopic (exact) mass is 380 g/mol. The predicted octanol–water partition coefficient (Wildman–Crippen LogP) is 3.29. The van der Waals surface area contributed by atoms with Gasteiger partial charge in [0.1, 0.15) is 0 Å². The van der Waals surface area contributed by atoms with Crippen molar-refractivity contribution >= 4 is 63.2 Å². The van der Waals surface area contributed by atoms with Crippen molar-refractivity contribution in [2.45, 2.75) is 0 Å². The van der Waals surface area contributed by atoms with Gasteiger partial charge >= 0.3 is 5.69 Å². The Balaban J connectivity index is 1.71. The van der Waals surface area contributed by atoms with Gasteiger partial charge in [-0.05, 0) is 48.6 Å². The molecule has 122 valence electrons. The van der Waals surface area contributed by atoms with E-state index in [9.17, 15) is 9.59 Å². The van der Waals surface area contributed by atoms with Crippen molar-refractivity contribution in [1.29, 1.82) is 0 Å². The molecule has 0 unspecified atom stereocenters. The topological polar surface area (TPSA) is 89.8 Å². The van der Waals surface area contributed by atoms with Gasteiger partial charge in [0.15, 0.2) is 5.11 Å². The van der Waals surface area contributed by atoms with E-state index in [4.69, 9.17) is 35.4 Å². The van der Waals surface area contributed by atoms with E-state index in [0.29, 0.717) is 21.7 Å². The summed E-state index contributed by atoms with van der Waals surface area (Å²) in [6.45, 7) is 0. The first-order chi connectivity index (χ1) is 11.4. The second-order valence-corrected chi connectivity index (χ2v) is 6.12.